The molecular weight excluding hydrogens is 212 g/mol. The maximum atomic E-state index is 5.24. The zero-order valence-corrected chi connectivity index (χ0v) is 9.08. The van der Waals surface area contributed by atoms with Gasteiger partial charge in [0.25, 0.3) is 0 Å². The van der Waals surface area contributed by atoms with Crippen LogP contribution in [0.2, 0.25) is 0 Å². The highest BCUT2D eigenvalue weighted by atomic mass is 16.3. The maximum Gasteiger partial charge on any atom is 0.225 e. The molecule has 0 aliphatic rings. The van der Waals surface area contributed by atoms with Crippen molar-refractivity contribution in [3.8, 4) is 22.7 Å². The molecule has 2 heterocycles. The summed E-state index contributed by atoms with van der Waals surface area (Å²) in [6.07, 6.45) is 5.00. The van der Waals surface area contributed by atoms with Gasteiger partial charge in [-0.25, -0.2) is 4.98 Å². The van der Waals surface area contributed by atoms with E-state index in [1.54, 1.807) is 18.7 Å². The van der Waals surface area contributed by atoms with E-state index < -0.39 is 0 Å². The van der Waals surface area contributed by atoms with Gasteiger partial charge in [0.05, 0.1) is 11.9 Å². The molecule has 3 aromatic rings. The minimum absolute atomic E-state index is 0.637. The number of pyridine rings is 1. The quantitative estimate of drug-likeness (QED) is 0.667. The number of hydrogen-bond acceptors (Lipinski definition) is 3. The fourth-order valence-electron chi connectivity index (χ4n) is 1.68. The van der Waals surface area contributed by atoms with Crippen LogP contribution in [0.15, 0.2) is 65.5 Å². The summed E-state index contributed by atoms with van der Waals surface area (Å²) in [5.41, 5.74) is 3.02. The molecule has 3 nitrogen and oxygen atoms in total. The van der Waals surface area contributed by atoms with Crippen molar-refractivity contribution in [1.29, 1.82) is 0 Å². The predicted octanol–water partition coefficient (Wildman–Crippen LogP) is 3.40. The van der Waals surface area contributed by atoms with Crippen molar-refractivity contribution in [3.05, 3.63) is 61.1 Å². The lowest BCUT2D eigenvalue weighted by atomic mass is 10.1. The first-order valence-corrected chi connectivity index (χ1v) is 5.35. The summed E-state index contributed by atoms with van der Waals surface area (Å²) in [6, 6.07) is 13.9. The van der Waals surface area contributed by atoms with Crippen LogP contribution in [-0.4, -0.2) is 9.97 Å². The largest absolute Gasteiger partial charge is 0.445 e. The molecule has 0 unspecified atom stereocenters. The van der Waals surface area contributed by atoms with Crippen molar-refractivity contribution < 1.29 is 4.42 Å². The lowest BCUT2D eigenvalue weighted by Gasteiger charge is -2.01. The normalized spacial score (nSPS) is 10.4. The van der Waals surface area contributed by atoms with Gasteiger partial charge in [0.15, 0.2) is 0 Å². The Kier molecular flexibility index (Phi) is 2.43. The van der Waals surface area contributed by atoms with Crippen molar-refractivity contribution >= 4 is 0 Å². The number of hydrogen-bond donors (Lipinski definition) is 0. The van der Waals surface area contributed by atoms with Crippen LogP contribution in [0, 0.1) is 0 Å². The molecule has 0 radical (unpaired) electrons. The fraction of sp³-hybridized carbons (Fsp3) is 0. The zero-order chi connectivity index (χ0) is 11.5. The molecule has 0 aliphatic carbocycles. The van der Waals surface area contributed by atoms with Crippen molar-refractivity contribution in [3.63, 3.8) is 0 Å². The van der Waals surface area contributed by atoms with E-state index >= 15 is 0 Å². The Balaban J connectivity index is 1.96. The molecule has 0 aliphatic heterocycles. The number of rotatable bonds is 2. The Hall–Kier alpha value is -2.42. The standard InChI is InChI=1S/C14H10N2O/c1-2-8-15-13(3-1)11-4-6-12(7-5-11)14-16-9-10-17-14/h1-10H. The van der Waals surface area contributed by atoms with Crippen LogP contribution >= 0.6 is 0 Å². The number of nitrogens with zero attached hydrogens (tertiary/aromatic N) is 2. The molecule has 17 heavy (non-hydrogen) atoms. The van der Waals surface area contributed by atoms with Crippen LogP contribution in [0.4, 0.5) is 0 Å². The van der Waals surface area contributed by atoms with E-state index in [-0.39, 0.29) is 0 Å². The van der Waals surface area contributed by atoms with Gasteiger partial charge in [-0.05, 0) is 24.3 Å². The van der Waals surface area contributed by atoms with Gasteiger partial charge in [-0.15, -0.1) is 0 Å². The van der Waals surface area contributed by atoms with E-state index in [2.05, 4.69) is 9.97 Å². The van der Waals surface area contributed by atoms with E-state index in [9.17, 15) is 0 Å². The third-order valence-corrected chi connectivity index (χ3v) is 2.52. The monoisotopic (exact) mass is 222 g/mol. The van der Waals surface area contributed by atoms with Crippen LogP contribution in [0.25, 0.3) is 22.7 Å². The summed E-state index contributed by atoms with van der Waals surface area (Å²) in [5.74, 6) is 0.637. The van der Waals surface area contributed by atoms with E-state index in [1.165, 1.54) is 0 Å². The number of oxazole rings is 1. The maximum absolute atomic E-state index is 5.24. The molecule has 0 atom stereocenters. The van der Waals surface area contributed by atoms with Gasteiger partial charge in [-0.1, -0.05) is 18.2 Å². The molecule has 0 amide bonds. The Bertz CT molecular complexity index is 586. The number of aromatic nitrogens is 2. The Morgan fingerprint density at radius 2 is 1.59 bits per heavy atom. The van der Waals surface area contributed by atoms with Gasteiger partial charge in [-0.3, -0.25) is 4.98 Å². The van der Waals surface area contributed by atoms with Gasteiger partial charge < -0.3 is 4.42 Å². The summed E-state index contributed by atoms with van der Waals surface area (Å²) in [7, 11) is 0. The summed E-state index contributed by atoms with van der Waals surface area (Å²) in [6.45, 7) is 0. The van der Waals surface area contributed by atoms with Gasteiger partial charge in [-0.2, -0.15) is 0 Å². The minimum Gasteiger partial charge on any atom is -0.445 e. The Morgan fingerprint density at radius 1 is 0.765 bits per heavy atom. The number of benzene rings is 1. The van der Waals surface area contributed by atoms with E-state index in [0.29, 0.717) is 5.89 Å². The lowest BCUT2D eigenvalue weighted by molar-refractivity contribution is 0.574. The van der Waals surface area contributed by atoms with Crippen molar-refractivity contribution in [2.75, 3.05) is 0 Å². The Morgan fingerprint density at radius 3 is 2.24 bits per heavy atom. The SMILES string of the molecule is c1ccc(-c2ccc(-c3ncco3)cc2)nc1. The van der Waals surface area contributed by atoms with Crippen molar-refractivity contribution in [1.82, 2.24) is 9.97 Å². The van der Waals surface area contributed by atoms with Crippen LogP contribution in [0.3, 0.4) is 0 Å². The molecule has 3 rings (SSSR count). The van der Waals surface area contributed by atoms with Gasteiger partial charge in [0.2, 0.25) is 5.89 Å². The molecule has 3 heteroatoms. The van der Waals surface area contributed by atoms with E-state index in [4.69, 9.17) is 4.42 Å². The van der Waals surface area contributed by atoms with E-state index in [0.717, 1.165) is 16.8 Å². The highest BCUT2D eigenvalue weighted by Gasteiger charge is 2.03. The van der Waals surface area contributed by atoms with Crippen molar-refractivity contribution in [2.45, 2.75) is 0 Å². The average Bonchev–Trinajstić information content (AvgIpc) is 2.94. The minimum atomic E-state index is 0.637. The van der Waals surface area contributed by atoms with Crippen LogP contribution < -0.4 is 0 Å². The first-order chi connectivity index (χ1) is 8.43. The molecule has 0 saturated carbocycles. The highest BCUT2D eigenvalue weighted by molar-refractivity contribution is 5.64. The second-order valence-corrected chi connectivity index (χ2v) is 3.63. The smallest absolute Gasteiger partial charge is 0.225 e. The molecule has 0 N–H and O–H groups in total. The van der Waals surface area contributed by atoms with Crippen LogP contribution in [0.5, 0.6) is 0 Å². The lowest BCUT2D eigenvalue weighted by Crippen LogP contribution is -1.82. The summed E-state index contributed by atoms with van der Waals surface area (Å²) in [5, 5.41) is 0. The Labute approximate surface area is 98.8 Å². The van der Waals surface area contributed by atoms with E-state index in [1.807, 2.05) is 42.5 Å². The first kappa shape index (κ1) is 9.78. The van der Waals surface area contributed by atoms with Gasteiger partial charge in [0.1, 0.15) is 6.26 Å². The summed E-state index contributed by atoms with van der Waals surface area (Å²) >= 11 is 0. The summed E-state index contributed by atoms with van der Waals surface area (Å²) < 4.78 is 5.24. The molecule has 0 bridgehead atoms. The second-order valence-electron chi connectivity index (χ2n) is 3.63. The highest BCUT2D eigenvalue weighted by Crippen LogP contribution is 2.22. The average molecular weight is 222 g/mol. The topological polar surface area (TPSA) is 38.9 Å². The second kappa shape index (κ2) is 4.22. The van der Waals surface area contributed by atoms with Gasteiger partial charge in [0, 0.05) is 17.3 Å². The third-order valence-electron chi connectivity index (χ3n) is 2.52. The summed E-state index contributed by atoms with van der Waals surface area (Å²) in [4.78, 5) is 8.41. The van der Waals surface area contributed by atoms with Crippen molar-refractivity contribution in [2.24, 2.45) is 0 Å². The van der Waals surface area contributed by atoms with Gasteiger partial charge >= 0.3 is 0 Å². The fourth-order valence-corrected chi connectivity index (χ4v) is 1.68. The predicted molar refractivity (Wildman–Crippen MR) is 65.2 cm³/mol. The first-order valence-electron chi connectivity index (χ1n) is 5.35. The molecule has 82 valence electrons. The molecule has 0 spiro atoms. The van der Waals surface area contributed by atoms with Crippen LogP contribution in [0.1, 0.15) is 0 Å². The zero-order valence-electron chi connectivity index (χ0n) is 9.08. The van der Waals surface area contributed by atoms with Crippen LogP contribution in [-0.2, 0) is 0 Å². The third kappa shape index (κ3) is 1.95. The molecular formula is C14H10N2O. The molecule has 1 aromatic carbocycles. The molecule has 0 fully saturated rings. The molecule has 0 saturated heterocycles. The molecule has 2 aromatic heterocycles.